The fraction of sp³-hybridized carbons (Fsp3) is 0.636. The van der Waals surface area contributed by atoms with E-state index in [-0.39, 0.29) is 50.0 Å². The van der Waals surface area contributed by atoms with Crippen molar-refractivity contribution in [1.29, 1.82) is 0 Å². The average molecular weight is 873 g/mol. The molecule has 1 saturated carbocycles. The van der Waals surface area contributed by atoms with Crippen LogP contribution in [-0.4, -0.2) is 78.4 Å². The van der Waals surface area contributed by atoms with Gasteiger partial charge in [-0.25, -0.2) is 9.59 Å². The third kappa shape index (κ3) is 16.2. The van der Waals surface area contributed by atoms with Gasteiger partial charge in [-0.1, -0.05) is 0 Å². The summed E-state index contributed by atoms with van der Waals surface area (Å²) in [5.74, 6) is -2.24. The van der Waals surface area contributed by atoms with E-state index in [1.54, 1.807) is 45.5 Å². The number of nitrogens with two attached hydrogens (primary N) is 1. The molecule has 0 saturated heterocycles. The molecule has 1 fully saturated rings. The zero-order valence-corrected chi connectivity index (χ0v) is 30.8. The van der Waals surface area contributed by atoms with Gasteiger partial charge < -0.3 is 30.9 Å². The van der Waals surface area contributed by atoms with Crippen molar-refractivity contribution in [2.45, 2.75) is 109 Å². The third-order valence-corrected chi connectivity index (χ3v) is 8.84. The second-order valence-corrected chi connectivity index (χ2v) is 14.7. The quantitative estimate of drug-likeness (QED) is 0.0479. The molecule has 0 unspecified atom stereocenters. The molecule has 0 spiro atoms. The summed E-state index contributed by atoms with van der Waals surface area (Å²) in [6.45, 7) is 6.09. The number of esters is 1. The van der Waals surface area contributed by atoms with Gasteiger partial charge in [-0.2, -0.15) is 0 Å². The van der Waals surface area contributed by atoms with Crippen LogP contribution >= 0.6 is 0 Å². The molecule has 0 heterocycles. The number of rotatable bonds is 20. The van der Waals surface area contributed by atoms with E-state index in [2.05, 4.69) is 27.0 Å². The van der Waals surface area contributed by atoms with E-state index >= 15 is 0 Å². The summed E-state index contributed by atoms with van der Waals surface area (Å²) in [7, 11) is 0. The first kappa shape index (κ1) is 39.1. The van der Waals surface area contributed by atoms with Crippen LogP contribution in [0.3, 0.4) is 0 Å². The minimum atomic E-state index is -1.38. The number of hydrogen-bond donors (Lipinski definition) is 6. The van der Waals surface area contributed by atoms with Gasteiger partial charge in [-0.05, 0) is 33.7 Å². The summed E-state index contributed by atoms with van der Waals surface area (Å²) >= 11 is 1.54. The van der Waals surface area contributed by atoms with Crippen LogP contribution in [0.1, 0.15) is 84.1 Å². The van der Waals surface area contributed by atoms with E-state index in [1.807, 2.05) is 24.3 Å². The molecule has 268 valence electrons. The van der Waals surface area contributed by atoms with Gasteiger partial charge >= 0.3 is 184 Å². The first-order valence-electron chi connectivity index (χ1n) is 16.8. The molecule has 0 aromatic heterocycles. The summed E-state index contributed by atoms with van der Waals surface area (Å²) in [5, 5.41) is 20.0. The van der Waals surface area contributed by atoms with Gasteiger partial charge in [0.25, 0.3) is 6.47 Å². The Morgan fingerprint density at radius 1 is 1.02 bits per heavy atom. The molecule has 1 aliphatic carbocycles. The number of ether oxygens (including phenoxy) is 2. The molecule has 3 atom stereocenters. The number of benzene rings is 1. The molecule has 7 N–H and O–H groups in total. The van der Waals surface area contributed by atoms with Crippen molar-refractivity contribution in [2.24, 2.45) is 17.6 Å². The van der Waals surface area contributed by atoms with Crippen molar-refractivity contribution in [2.75, 3.05) is 13.1 Å². The van der Waals surface area contributed by atoms with Crippen LogP contribution in [0.2, 0.25) is 1.41 Å². The number of carbonyl (C=O) groups excluding carboxylic acids is 5. The van der Waals surface area contributed by atoms with E-state index in [0.717, 1.165) is 21.7 Å². The fourth-order valence-corrected chi connectivity index (χ4v) is 5.76. The standard InChI is InChI=1S/C33H50AtN5O9/c1-33(2,3)48-28(41)16-15-25(31(44)45)38-32(46)39-27(47-20-40)6-4-5-17-36-30(43)26(18-21-9-13-24(34)14-10-21)37-29(42)23-11-7-22(19-35)8-12-23/h9-10,13-14,20,22-23,25-27H,4-8,11-12,15-19,35H2,1-3H3,(H,36,43)(H,37,42)(H,44,45)(H2,38,39,46)/t22?,23?,25-,26-,27+/m0/s1/i34+1/hD. The number of aliphatic carboxylic acids is 1. The van der Waals surface area contributed by atoms with E-state index in [4.69, 9.17) is 10.9 Å². The van der Waals surface area contributed by atoms with Gasteiger partial charge in [-0.15, -0.1) is 0 Å². The second kappa shape index (κ2) is 20.9. The number of unbranched alkanes of at least 4 members (excludes halogenated alkanes) is 1. The Balaban J connectivity index is 1.86. The Hall–Kier alpha value is -3.32. The number of carbonyl (C=O) groups is 6. The van der Waals surface area contributed by atoms with Crippen LogP contribution in [-0.2, 0) is 39.9 Å². The molecule has 0 aliphatic heterocycles. The Labute approximate surface area is 298 Å². The molecule has 1 aromatic rings. The molecule has 4 amide bonds. The molecule has 1 aliphatic rings. The van der Waals surface area contributed by atoms with E-state index in [9.17, 15) is 33.9 Å². The summed E-state index contributed by atoms with van der Waals surface area (Å²) in [4.78, 5) is 73.6. The van der Waals surface area contributed by atoms with Crippen LogP contribution < -0.4 is 30.3 Å². The maximum atomic E-state index is 13.3. The molecule has 0 bridgehead atoms. The Bertz CT molecular complexity index is 1240. The monoisotopic (exact) mass is 872 g/mol. The molecule has 48 heavy (non-hydrogen) atoms. The van der Waals surface area contributed by atoms with Gasteiger partial charge in [0.05, 0.1) is 0 Å². The molecular formula is C33H50AtN5O9. The van der Waals surface area contributed by atoms with Crippen molar-refractivity contribution in [3.05, 3.63) is 29.8 Å². The molecule has 14 nitrogen and oxygen atoms in total. The molecule has 0 radical (unpaired) electrons. The van der Waals surface area contributed by atoms with E-state index in [1.165, 1.54) is 0 Å². The maximum absolute atomic E-state index is 13.3. The number of hydrogen-bond acceptors (Lipinski definition) is 9. The summed E-state index contributed by atoms with van der Waals surface area (Å²) in [6, 6.07) is 4.78. The summed E-state index contributed by atoms with van der Waals surface area (Å²) < 4.78 is 18.5. The Morgan fingerprint density at radius 3 is 2.31 bits per heavy atom. The van der Waals surface area contributed by atoms with E-state index < -0.39 is 41.9 Å². The molecule has 15 heteroatoms. The SMILES string of the molecule is [2H]NCC1CCC(C(=O)N[C@@H](Cc2ccc([211At])cc2)C(=O)NCCCC[C@H](NC(=O)N[C@@H](CCC(=O)OC(C)(C)C)C(=O)O)OC=O)CC1. The van der Waals surface area contributed by atoms with Crippen LogP contribution in [0.5, 0.6) is 0 Å². The zero-order chi connectivity index (χ0) is 36.4. The normalized spacial score (nSPS) is 18.2. The minimum absolute atomic E-state index is 0.152. The van der Waals surface area contributed by atoms with Crippen LogP contribution in [0.25, 0.3) is 0 Å². The Kier molecular flexibility index (Phi) is 17.0. The van der Waals surface area contributed by atoms with Gasteiger partial charge in [0.15, 0.2) is 6.23 Å². The van der Waals surface area contributed by atoms with Crippen LogP contribution in [0.15, 0.2) is 24.3 Å². The Morgan fingerprint density at radius 2 is 1.71 bits per heavy atom. The summed E-state index contributed by atoms with van der Waals surface area (Å²) in [6.07, 6.45) is 3.01. The van der Waals surface area contributed by atoms with Crippen molar-refractivity contribution < 1.29 is 69.5 Å². The topological polar surface area (TPSA) is 215 Å². The van der Waals surface area contributed by atoms with Gasteiger partial charge in [0.1, 0.15) is 13.1 Å². The zero-order valence-electron chi connectivity index (χ0n) is 28.8. The van der Waals surface area contributed by atoms with Gasteiger partial charge in [0, 0.05) is 6.42 Å². The van der Waals surface area contributed by atoms with Crippen molar-refractivity contribution in [3.8, 4) is 0 Å². The van der Waals surface area contributed by atoms with Gasteiger partial charge in [0.2, 0.25) is 0 Å². The van der Waals surface area contributed by atoms with Crippen LogP contribution in [0.4, 0.5) is 4.79 Å². The molecular weight excluding hydrogens is 821 g/mol. The predicted molar refractivity (Wildman–Crippen MR) is 172 cm³/mol. The first-order valence-corrected chi connectivity index (χ1v) is 17.8. The number of urea groups is 1. The van der Waals surface area contributed by atoms with Crippen LogP contribution in [0, 0.1) is 36.6 Å². The van der Waals surface area contributed by atoms with Gasteiger partial charge in [-0.3, -0.25) is 9.59 Å². The second-order valence-electron chi connectivity index (χ2n) is 13.0. The molecule has 1 aromatic carbocycles. The number of amides is 4. The van der Waals surface area contributed by atoms with E-state index in [0.29, 0.717) is 44.6 Å². The number of carboxylic acid groups (broad SMARTS) is 1. The fourth-order valence-electron chi connectivity index (χ4n) is 5.27. The third-order valence-electron chi connectivity index (χ3n) is 7.86. The van der Waals surface area contributed by atoms with Crippen molar-refractivity contribution >= 4 is 39.5 Å². The van der Waals surface area contributed by atoms with Crippen molar-refractivity contribution in [3.63, 3.8) is 0 Å². The first-order chi connectivity index (χ1) is 23.2. The predicted octanol–water partition coefficient (Wildman–Crippen LogP) is 1.31. The molecule has 2 rings (SSSR count). The number of nitrogens with one attached hydrogen (secondary N) is 4. The number of carboxylic acids is 1. The van der Waals surface area contributed by atoms with Crippen molar-refractivity contribution in [1.82, 2.24) is 21.3 Å². The summed E-state index contributed by atoms with van der Waals surface area (Å²) in [5.41, 5.74) is 2.64. The average Bonchev–Trinajstić information content (AvgIpc) is 3.03.